The van der Waals surface area contributed by atoms with Gasteiger partial charge in [-0.25, -0.2) is 9.37 Å². The number of methoxy groups -OCH3 is 1. The van der Waals surface area contributed by atoms with E-state index in [0.29, 0.717) is 41.1 Å². The van der Waals surface area contributed by atoms with Gasteiger partial charge in [0.25, 0.3) is 11.5 Å². The molecule has 0 aliphatic carbocycles. The third-order valence-corrected chi connectivity index (χ3v) is 5.90. The molecule has 4 aromatic rings. The Labute approximate surface area is 197 Å². The molecule has 6 nitrogen and oxygen atoms in total. The summed E-state index contributed by atoms with van der Waals surface area (Å²) in [7, 11) is 1.57. The Hall–Kier alpha value is -4.00. The van der Waals surface area contributed by atoms with Gasteiger partial charge in [0.05, 0.1) is 35.3 Å². The number of nitrogens with zero attached hydrogens (tertiary/aromatic N) is 3. The Morgan fingerprint density at radius 1 is 1.03 bits per heavy atom. The monoisotopic (exact) mass is 459 g/mol. The van der Waals surface area contributed by atoms with Gasteiger partial charge in [0.2, 0.25) is 0 Å². The van der Waals surface area contributed by atoms with Crippen molar-refractivity contribution >= 4 is 16.8 Å². The summed E-state index contributed by atoms with van der Waals surface area (Å²) in [6, 6.07) is 19.6. The maximum absolute atomic E-state index is 14.5. The maximum Gasteiger partial charge on any atom is 0.266 e. The first-order valence-electron chi connectivity index (χ1n) is 11.2. The van der Waals surface area contributed by atoms with Gasteiger partial charge in [-0.1, -0.05) is 31.2 Å². The molecule has 0 spiro atoms. The summed E-state index contributed by atoms with van der Waals surface area (Å²) in [4.78, 5) is 33.5. The Bertz CT molecular complexity index is 1380. The second-order valence-electron chi connectivity index (χ2n) is 7.82. The van der Waals surface area contributed by atoms with Crippen LogP contribution in [0.1, 0.15) is 42.5 Å². The van der Waals surface area contributed by atoms with Crippen LogP contribution in [0.5, 0.6) is 5.75 Å². The van der Waals surface area contributed by atoms with Gasteiger partial charge in [0.15, 0.2) is 0 Å². The van der Waals surface area contributed by atoms with Crippen LogP contribution in [0.3, 0.4) is 0 Å². The predicted molar refractivity (Wildman–Crippen MR) is 130 cm³/mol. The topological polar surface area (TPSA) is 64.4 Å². The van der Waals surface area contributed by atoms with E-state index in [9.17, 15) is 14.0 Å². The van der Waals surface area contributed by atoms with E-state index in [2.05, 4.69) is 0 Å². The van der Waals surface area contributed by atoms with Crippen molar-refractivity contribution in [3.8, 4) is 11.4 Å². The molecule has 174 valence electrons. The minimum atomic E-state index is -0.584. The molecule has 1 atom stereocenters. The molecule has 0 aliphatic rings. The molecule has 0 saturated carbocycles. The highest BCUT2D eigenvalue weighted by molar-refractivity contribution is 5.94. The van der Waals surface area contributed by atoms with Gasteiger partial charge in [-0.2, -0.15) is 0 Å². The number of para-hydroxylation sites is 1. The molecule has 34 heavy (non-hydrogen) atoms. The smallest absolute Gasteiger partial charge is 0.266 e. The van der Waals surface area contributed by atoms with E-state index in [-0.39, 0.29) is 11.1 Å². The zero-order chi connectivity index (χ0) is 24.2. The summed E-state index contributed by atoms with van der Waals surface area (Å²) >= 11 is 0. The zero-order valence-corrected chi connectivity index (χ0v) is 19.4. The fraction of sp³-hybridized carbons (Fsp3) is 0.222. The highest BCUT2D eigenvalue weighted by atomic mass is 19.1. The van der Waals surface area contributed by atoms with Crippen LogP contribution in [0.4, 0.5) is 4.39 Å². The average molecular weight is 460 g/mol. The summed E-state index contributed by atoms with van der Waals surface area (Å²) in [6.45, 7) is 4.07. The van der Waals surface area contributed by atoms with Crippen molar-refractivity contribution in [3.05, 3.63) is 100 Å². The van der Waals surface area contributed by atoms with E-state index < -0.39 is 17.8 Å². The molecule has 1 unspecified atom stereocenters. The number of ether oxygens (including phenoxy) is 1. The van der Waals surface area contributed by atoms with Crippen LogP contribution in [-0.4, -0.2) is 34.0 Å². The number of fused-ring (bicyclic) bond motifs is 1. The Kier molecular flexibility index (Phi) is 6.72. The molecular formula is C27H26FN3O3. The zero-order valence-electron chi connectivity index (χ0n) is 19.4. The van der Waals surface area contributed by atoms with Crippen molar-refractivity contribution in [3.63, 3.8) is 0 Å². The lowest BCUT2D eigenvalue weighted by Crippen LogP contribution is -2.38. The fourth-order valence-corrected chi connectivity index (χ4v) is 4.19. The number of carbonyl (C=O) groups excluding carboxylic acids is 1. The van der Waals surface area contributed by atoms with Crippen molar-refractivity contribution in [2.75, 3.05) is 13.7 Å². The highest BCUT2D eigenvalue weighted by Crippen LogP contribution is 2.28. The largest absolute Gasteiger partial charge is 0.497 e. The molecule has 1 heterocycles. The van der Waals surface area contributed by atoms with Gasteiger partial charge < -0.3 is 9.64 Å². The molecule has 7 heteroatoms. The number of hydrogen-bond acceptors (Lipinski definition) is 4. The van der Waals surface area contributed by atoms with Crippen LogP contribution in [0, 0.1) is 5.82 Å². The molecule has 1 amide bonds. The van der Waals surface area contributed by atoms with E-state index in [1.54, 1.807) is 66.6 Å². The van der Waals surface area contributed by atoms with Gasteiger partial charge in [0.1, 0.15) is 17.4 Å². The van der Waals surface area contributed by atoms with E-state index in [4.69, 9.17) is 9.72 Å². The standard InChI is InChI=1S/C27H26FN3O3/c1-4-24(30(5-2)26(32)20-10-6-8-12-22(20)28)25-29-23-13-9-7-11-21(23)27(33)31(25)18-14-16-19(34-3)17-15-18/h6-17,24H,4-5H2,1-3H3. The first-order chi connectivity index (χ1) is 16.5. The fourth-order valence-electron chi connectivity index (χ4n) is 4.19. The normalized spacial score (nSPS) is 11.9. The molecule has 3 aromatic carbocycles. The molecule has 4 rings (SSSR count). The molecule has 1 aromatic heterocycles. The molecule has 0 N–H and O–H groups in total. The minimum Gasteiger partial charge on any atom is -0.497 e. The van der Waals surface area contributed by atoms with Gasteiger partial charge >= 0.3 is 0 Å². The summed E-state index contributed by atoms with van der Waals surface area (Å²) in [5.74, 6) is 0.0444. The maximum atomic E-state index is 14.5. The predicted octanol–water partition coefficient (Wildman–Crippen LogP) is 5.15. The average Bonchev–Trinajstić information content (AvgIpc) is 2.87. The number of benzene rings is 3. The Balaban J connectivity index is 1.93. The molecule has 0 aliphatic heterocycles. The molecular weight excluding hydrogens is 433 g/mol. The first kappa shape index (κ1) is 23.2. The Morgan fingerprint density at radius 3 is 2.35 bits per heavy atom. The van der Waals surface area contributed by atoms with Gasteiger partial charge in [-0.3, -0.25) is 14.2 Å². The third kappa shape index (κ3) is 4.17. The quantitative estimate of drug-likeness (QED) is 0.384. The van der Waals surface area contributed by atoms with Gasteiger partial charge in [-0.15, -0.1) is 0 Å². The summed E-state index contributed by atoms with van der Waals surface area (Å²) in [5.41, 5.74) is 0.896. The number of hydrogen-bond donors (Lipinski definition) is 0. The second kappa shape index (κ2) is 9.87. The lowest BCUT2D eigenvalue weighted by atomic mass is 10.1. The van der Waals surface area contributed by atoms with Crippen LogP contribution in [-0.2, 0) is 0 Å². The van der Waals surface area contributed by atoms with E-state index in [1.165, 1.54) is 16.7 Å². The molecule has 0 bridgehead atoms. The number of aromatic nitrogens is 2. The van der Waals surface area contributed by atoms with Crippen LogP contribution < -0.4 is 10.3 Å². The summed E-state index contributed by atoms with van der Waals surface area (Å²) < 4.78 is 21.3. The summed E-state index contributed by atoms with van der Waals surface area (Å²) in [6.07, 6.45) is 0.481. The van der Waals surface area contributed by atoms with Gasteiger partial charge in [0, 0.05) is 6.54 Å². The Morgan fingerprint density at radius 2 is 1.71 bits per heavy atom. The van der Waals surface area contributed by atoms with E-state index in [0.717, 1.165) is 0 Å². The number of amides is 1. The van der Waals surface area contributed by atoms with Crippen molar-refractivity contribution in [1.29, 1.82) is 0 Å². The van der Waals surface area contributed by atoms with Crippen LogP contribution >= 0.6 is 0 Å². The van der Waals surface area contributed by atoms with Crippen molar-refractivity contribution < 1.29 is 13.9 Å². The molecule has 0 fully saturated rings. The van der Waals surface area contributed by atoms with E-state index in [1.807, 2.05) is 19.9 Å². The first-order valence-corrected chi connectivity index (χ1v) is 11.2. The van der Waals surface area contributed by atoms with Crippen molar-refractivity contribution in [2.24, 2.45) is 0 Å². The van der Waals surface area contributed by atoms with Crippen LogP contribution in [0.2, 0.25) is 0 Å². The van der Waals surface area contributed by atoms with E-state index >= 15 is 0 Å². The van der Waals surface area contributed by atoms with Crippen molar-refractivity contribution in [1.82, 2.24) is 14.5 Å². The number of rotatable bonds is 7. The minimum absolute atomic E-state index is 0.0121. The summed E-state index contributed by atoms with van der Waals surface area (Å²) in [5, 5.41) is 0.473. The highest BCUT2D eigenvalue weighted by Gasteiger charge is 2.29. The lowest BCUT2D eigenvalue weighted by Gasteiger charge is -2.31. The van der Waals surface area contributed by atoms with Crippen LogP contribution in [0.15, 0.2) is 77.6 Å². The molecule has 0 radical (unpaired) electrons. The number of halogens is 1. The number of carbonyl (C=O) groups is 1. The van der Waals surface area contributed by atoms with Gasteiger partial charge in [-0.05, 0) is 61.9 Å². The lowest BCUT2D eigenvalue weighted by molar-refractivity contribution is 0.0667. The third-order valence-electron chi connectivity index (χ3n) is 5.90. The molecule has 0 saturated heterocycles. The van der Waals surface area contributed by atoms with Crippen molar-refractivity contribution in [2.45, 2.75) is 26.3 Å². The SMILES string of the molecule is CCC(c1nc2ccccc2c(=O)n1-c1ccc(OC)cc1)N(CC)C(=O)c1ccccc1F. The second-order valence-corrected chi connectivity index (χ2v) is 7.82. The van der Waals surface area contributed by atoms with Crippen LogP contribution in [0.25, 0.3) is 16.6 Å².